The van der Waals surface area contributed by atoms with E-state index < -0.39 is 6.04 Å². The fourth-order valence-electron chi connectivity index (χ4n) is 3.74. The molecular formula is C29H31Cl3N2O3. The molecule has 0 aliphatic carbocycles. The summed E-state index contributed by atoms with van der Waals surface area (Å²) >= 11 is 18.7. The summed E-state index contributed by atoms with van der Waals surface area (Å²) in [4.78, 5) is 28.6. The van der Waals surface area contributed by atoms with Crippen molar-refractivity contribution in [1.29, 1.82) is 0 Å². The molecule has 0 aromatic heterocycles. The lowest BCUT2D eigenvalue weighted by Gasteiger charge is -2.32. The highest BCUT2D eigenvalue weighted by Crippen LogP contribution is 2.25. The summed E-state index contributed by atoms with van der Waals surface area (Å²) in [5.41, 5.74) is 2.45. The molecule has 196 valence electrons. The molecule has 0 fully saturated rings. The van der Waals surface area contributed by atoms with Crippen molar-refractivity contribution in [3.8, 4) is 5.75 Å². The Hall–Kier alpha value is -2.73. The summed E-state index contributed by atoms with van der Waals surface area (Å²) in [6.07, 6.45) is 0.335. The van der Waals surface area contributed by atoms with Gasteiger partial charge in [-0.05, 0) is 59.9 Å². The van der Waals surface area contributed by atoms with Gasteiger partial charge in [0, 0.05) is 34.6 Å². The minimum Gasteiger partial charge on any atom is -0.484 e. The predicted molar refractivity (Wildman–Crippen MR) is 150 cm³/mol. The van der Waals surface area contributed by atoms with E-state index >= 15 is 0 Å². The second kappa shape index (κ2) is 13.7. The first-order valence-corrected chi connectivity index (χ1v) is 13.2. The third-order valence-electron chi connectivity index (χ3n) is 5.80. The van der Waals surface area contributed by atoms with Crippen molar-refractivity contribution in [2.75, 3.05) is 13.2 Å². The number of nitrogens with one attached hydrogen (secondary N) is 1. The summed E-state index contributed by atoms with van der Waals surface area (Å²) < 4.78 is 5.81. The van der Waals surface area contributed by atoms with Crippen LogP contribution < -0.4 is 10.1 Å². The molecular weight excluding hydrogens is 531 g/mol. The van der Waals surface area contributed by atoms with Crippen LogP contribution in [-0.2, 0) is 22.6 Å². The van der Waals surface area contributed by atoms with Crippen LogP contribution in [0.4, 0.5) is 0 Å². The van der Waals surface area contributed by atoms with Gasteiger partial charge in [-0.1, -0.05) is 85.0 Å². The van der Waals surface area contributed by atoms with Gasteiger partial charge in [0.15, 0.2) is 6.61 Å². The highest BCUT2D eigenvalue weighted by Gasteiger charge is 2.31. The fourth-order valence-corrected chi connectivity index (χ4v) is 4.33. The van der Waals surface area contributed by atoms with Crippen molar-refractivity contribution in [3.63, 3.8) is 0 Å². The van der Waals surface area contributed by atoms with E-state index in [4.69, 9.17) is 39.5 Å². The third kappa shape index (κ3) is 8.67. The van der Waals surface area contributed by atoms with Crippen LogP contribution in [0.5, 0.6) is 5.75 Å². The number of hydrogen-bond acceptors (Lipinski definition) is 3. The molecule has 0 radical (unpaired) electrons. The van der Waals surface area contributed by atoms with Gasteiger partial charge in [-0.15, -0.1) is 0 Å². The molecule has 0 aliphatic rings. The van der Waals surface area contributed by atoms with Crippen molar-refractivity contribution in [3.05, 3.63) is 98.5 Å². The Bertz CT molecular complexity index is 1220. The van der Waals surface area contributed by atoms with Gasteiger partial charge in [0.1, 0.15) is 11.8 Å². The average molecular weight is 562 g/mol. The van der Waals surface area contributed by atoms with E-state index in [0.717, 1.165) is 11.1 Å². The Balaban J connectivity index is 1.93. The summed E-state index contributed by atoms with van der Waals surface area (Å²) in [6, 6.07) is 19.1. The summed E-state index contributed by atoms with van der Waals surface area (Å²) in [5, 5.41) is 4.51. The number of aryl methyl sites for hydroxylation is 1. The second-order valence-electron chi connectivity index (χ2n) is 9.30. The van der Waals surface area contributed by atoms with Crippen LogP contribution in [0.15, 0.2) is 66.7 Å². The zero-order chi connectivity index (χ0) is 26.9. The van der Waals surface area contributed by atoms with Gasteiger partial charge in [0.2, 0.25) is 5.91 Å². The highest BCUT2D eigenvalue weighted by molar-refractivity contribution is 6.35. The number of hydrogen-bond donors (Lipinski definition) is 1. The Morgan fingerprint density at radius 1 is 0.946 bits per heavy atom. The Morgan fingerprint density at radius 2 is 1.68 bits per heavy atom. The van der Waals surface area contributed by atoms with Gasteiger partial charge in [-0.2, -0.15) is 0 Å². The number of amides is 2. The summed E-state index contributed by atoms with van der Waals surface area (Å²) in [5.74, 6) is 0.189. The molecule has 1 atom stereocenters. The zero-order valence-corrected chi connectivity index (χ0v) is 23.4. The molecule has 0 bridgehead atoms. The van der Waals surface area contributed by atoms with E-state index in [-0.39, 0.29) is 30.9 Å². The third-order valence-corrected chi connectivity index (χ3v) is 6.81. The quantitative estimate of drug-likeness (QED) is 0.282. The van der Waals surface area contributed by atoms with Crippen LogP contribution in [0.25, 0.3) is 0 Å². The fraction of sp³-hybridized carbons (Fsp3) is 0.310. The monoisotopic (exact) mass is 560 g/mol. The van der Waals surface area contributed by atoms with Crippen LogP contribution in [0.2, 0.25) is 15.1 Å². The molecule has 0 unspecified atom stereocenters. The summed E-state index contributed by atoms with van der Waals surface area (Å²) in [6.45, 7) is 6.25. The lowest BCUT2D eigenvalue weighted by molar-refractivity contribution is -0.142. The minimum absolute atomic E-state index is 0.116. The van der Waals surface area contributed by atoms with E-state index in [9.17, 15) is 9.59 Å². The Kier molecular flexibility index (Phi) is 10.7. The number of benzene rings is 3. The maximum absolute atomic E-state index is 13.7. The first-order valence-electron chi connectivity index (χ1n) is 12.1. The smallest absolute Gasteiger partial charge is 0.261 e. The van der Waals surface area contributed by atoms with Gasteiger partial charge in [0.25, 0.3) is 5.91 Å². The highest BCUT2D eigenvalue weighted by atomic mass is 35.5. The zero-order valence-electron chi connectivity index (χ0n) is 21.1. The molecule has 3 aromatic rings. The van der Waals surface area contributed by atoms with Crippen LogP contribution in [0, 0.1) is 12.8 Å². The van der Waals surface area contributed by atoms with E-state index in [0.29, 0.717) is 39.3 Å². The van der Waals surface area contributed by atoms with E-state index in [1.807, 2.05) is 51.1 Å². The molecule has 0 heterocycles. The number of carbonyl (C=O) groups excluding carboxylic acids is 2. The molecule has 37 heavy (non-hydrogen) atoms. The molecule has 3 aromatic carbocycles. The lowest BCUT2D eigenvalue weighted by atomic mass is 10.0. The van der Waals surface area contributed by atoms with Crippen molar-refractivity contribution in [2.45, 2.75) is 39.8 Å². The lowest BCUT2D eigenvalue weighted by Crippen LogP contribution is -2.52. The standard InChI is InChI=1S/C29H31Cl3N2O3/c1-19(2)16-33-29(36)27(14-21-7-5-4-6-8-21)34(17-22-9-10-23(30)15-26(22)32)28(35)18-37-24-11-12-25(31)20(3)13-24/h4-13,15,19,27H,14,16-18H2,1-3H3,(H,33,36)/t27-/m0/s1. The predicted octanol–water partition coefficient (Wildman–Crippen LogP) is 6.75. The Morgan fingerprint density at radius 3 is 2.32 bits per heavy atom. The van der Waals surface area contributed by atoms with Crippen molar-refractivity contribution < 1.29 is 14.3 Å². The molecule has 3 rings (SSSR count). The summed E-state index contributed by atoms with van der Waals surface area (Å²) in [7, 11) is 0. The van der Waals surface area contributed by atoms with Crippen molar-refractivity contribution >= 4 is 46.6 Å². The van der Waals surface area contributed by atoms with Crippen LogP contribution in [-0.4, -0.2) is 35.9 Å². The second-order valence-corrected chi connectivity index (χ2v) is 10.6. The molecule has 8 heteroatoms. The van der Waals surface area contributed by atoms with Crippen LogP contribution in [0.1, 0.15) is 30.5 Å². The molecule has 2 amide bonds. The van der Waals surface area contributed by atoms with Crippen molar-refractivity contribution in [2.24, 2.45) is 5.92 Å². The van der Waals surface area contributed by atoms with Gasteiger partial charge >= 0.3 is 0 Å². The molecule has 1 N–H and O–H groups in total. The van der Waals surface area contributed by atoms with Gasteiger partial charge < -0.3 is 15.0 Å². The van der Waals surface area contributed by atoms with E-state index in [1.165, 1.54) is 4.90 Å². The van der Waals surface area contributed by atoms with Crippen molar-refractivity contribution in [1.82, 2.24) is 10.2 Å². The molecule has 0 aliphatic heterocycles. The Labute approximate surface area is 233 Å². The minimum atomic E-state index is -0.782. The SMILES string of the molecule is Cc1cc(OCC(=O)N(Cc2ccc(Cl)cc2Cl)[C@@H](Cc2ccccc2)C(=O)NCC(C)C)ccc1Cl. The maximum Gasteiger partial charge on any atom is 0.261 e. The first kappa shape index (κ1) is 28.8. The van der Waals surface area contributed by atoms with E-state index in [2.05, 4.69) is 5.32 Å². The molecule has 5 nitrogen and oxygen atoms in total. The molecule has 0 saturated carbocycles. The first-order chi connectivity index (χ1) is 17.6. The van der Waals surface area contributed by atoms with Gasteiger partial charge in [-0.3, -0.25) is 9.59 Å². The number of carbonyl (C=O) groups is 2. The topological polar surface area (TPSA) is 58.6 Å². The molecule has 0 spiro atoms. The van der Waals surface area contributed by atoms with Crippen LogP contribution in [0.3, 0.4) is 0 Å². The molecule has 0 saturated heterocycles. The largest absolute Gasteiger partial charge is 0.484 e. The normalized spacial score (nSPS) is 11.8. The van der Waals surface area contributed by atoms with Gasteiger partial charge in [0.05, 0.1) is 0 Å². The van der Waals surface area contributed by atoms with E-state index in [1.54, 1.807) is 36.4 Å². The maximum atomic E-state index is 13.7. The number of ether oxygens (including phenoxy) is 1. The number of nitrogens with zero attached hydrogens (tertiary/aromatic N) is 1. The number of halogens is 3. The van der Waals surface area contributed by atoms with Crippen LogP contribution >= 0.6 is 34.8 Å². The van der Waals surface area contributed by atoms with Gasteiger partial charge in [-0.25, -0.2) is 0 Å². The number of rotatable bonds is 11. The average Bonchev–Trinajstić information content (AvgIpc) is 2.87.